The van der Waals surface area contributed by atoms with E-state index in [-0.39, 0.29) is 17.6 Å². The van der Waals surface area contributed by atoms with Crippen molar-refractivity contribution in [1.29, 1.82) is 0 Å². The minimum atomic E-state index is -3.01. The van der Waals surface area contributed by atoms with Gasteiger partial charge in [-0.2, -0.15) is 0 Å². The first-order valence-corrected chi connectivity index (χ1v) is 8.53. The van der Waals surface area contributed by atoms with Gasteiger partial charge in [0.2, 0.25) is 0 Å². The lowest BCUT2D eigenvalue weighted by molar-refractivity contribution is -0.138. The summed E-state index contributed by atoms with van der Waals surface area (Å²) in [5.74, 6) is -0.849. The normalized spacial score (nSPS) is 18.5. The smallest absolute Gasteiger partial charge is 0.320 e. The average molecular weight is 297 g/mol. The number of nitrogens with two attached hydrogens (primary N) is 1. The highest BCUT2D eigenvalue weighted by molar-refractivity contribution is 7.90. The molecule has 0 heterocycles. The van der Waals surface area contributed by atoms with E-state index < -0.39 is 21.8 Å². The Morgan fingerprint density at radius 2 is 1.90 bits per heavy atom. The average Bonchev–Trinajstić information content (AvgIpc) is 3.08. The molecule has 1 unspecified atom stereocenters. The first kappa shape index (κ1) is 15.0. The summed E-state index contributed by atoms with van der Waals surface area (Å²) in [6.45, 7) is 0. The Hall–Kier alpha value is -1.40. The maximum absolute atomic E-state index is 11.5. The summed E-state index contributed by atoms with van der Waals surface area (Å²) in [6.07, 6.45) is 3.30. The van der Waals surface area contributed by atoms with Crippen molar-refractivity contribution in [3.63, 3.8) is 0 Å². The molecule has 6 heteroatoms. The number of aliphatic carboxylic acids is 1. The number of benzene rings is 1. The van der Waals surface area contributed by atoms with Crippen LogP contribution in [0, 0.1) is 0 Å². The SMILES string of the molecule is CS(=O)(=O)CC1(c2ccc(CC(N)C(=O)O)cc2)CC1. The molecule has 0 aromatic heterocycles. The molecule has 2 rings (SSSR count). The highest BCUT2D eigenvalue weighted by atomic mass is 32.2. The van der Waals surface area contributed by atoms with Gasteiger partial charge in [0.05, 0.1) is 5.75 Å². The lowest BCUT2D eigenvalue weighted by atomic mass is 9.95. The summed E-state index contributed by atoms with van der Waals surface area (Å²) in [6, 6.07) is 6.54. The number of carboxylic acid groups (broad SMARTS) is 1. The minimum Gasteiger partial charge on any atom is -0.480 e. The van der Waals surface area contributed by atoms with E-state index in [0.29, 0.717) is 0 Å². The van der Waals surface area contributed by atoms with Crippen LogP contribution in [0.4, 0.5) is 0 Å². The lowest BCUT2D eigenvalue weighted by Gasteiger charge is -2.15. The fourth-order valence-corrected chi connectivity index (χ4v) is 3.96. The molecule has 1 atom stereocenters. The molecule has 0 radical (unpaired) electrons. The summed E-state index contributed by atoms with van der Waals surface area (Å²) < 4.78 is 22.9. The van der Waals surface area contributed by atoms with E-state index in [1.807, 2.05) is 24.3 Å². The van der Waals surface area contributed by atoms with Crippen LogP contribution in [0.5, 0.6) is 0 Å². The predicted molar refractivity (Wildman–Crippen MR) is 76.4 cm³/mol. The van der Waals surface area contributed by atoms with Crippen LogP contribution in [-0.4, -0.2) is 37.5 Å². The quantitative estimate of drug-likeness (QED) is 0.806. The second-order valence-corrected chi connectivity index (χ2v) is 7.84. The van der Waals surface area contributed by atoms with Crippen molar-refractivity contribution in [3.05, 3.63) is 35.4 Å². The van der Waals surface area contributed by atoms with Gasteiger partial charge in [0, 0.05) is 11.7 Å². The summed E-state index contributed by atoms with van der Waals surface area (Å²) >= 11 is 0. The molecule has 1 aliphatic carbocycles. The van der Waals surface area contributed by atoms with Crippen LogP contribution in [0.15, 0.2) is 24.3 Å². The van der Waals surface area contributed by atoms with Crippen molar-refractivity contribution < 1.29 is 18.3 Å². The third kappa shape index (κ3) is 3.58. The first-order valence-electron chi connectivity index (χ1n) is 6.47. The molecule has 1 aromatic rings. The molecule has 0 amide bonds. The summed E-state index contributed by atoms with van der Waals surface area (Å²) in [4.78, 5) is 10.7. The molecule has 5 nitrogen and oxygen atoms in total. The molecule has 0 saturated heterocycles. The van der Waals surface area contributed by atoms with Gasteiger partial charge in [0.25, 0.3) is 0 Å². The van der Waals surface area contributed by atoms with Gasteiger partial charge in [-0.15, -0.1) is 0 Å². The van der Waals surface area contributed by atoms with Gasteiger partial charge in [-0.25, -0.2) is 8.42 Å². The molecule has 1 aromatic carbocycles. The first-order chi connectivity index (χ1) is 9.22. The fourth-order valence-electron chi connectivity index (χ4n) is 2.50. The maximum atomic E-state index is 11.5. The van der Waals surface area contributed by atoms with E-state index in [1.54, 1.807) is 0 Å². The van der Waals surface area contributed by atoms with Crippen LogP contribution in [0.25, 0.3) is 0 Å². The summed E-state index contributed by atoms with van der Waals surface area (Å²) in [5, 5.41) is 8.77. The molecule has 1 aliphatic rings. The Bertz CT molecular complexity index is 603. The zero-order valence-electron chi connectivity index (χ0n) is 11.4. The Labute approximate surface area is 118 Å². The van der Waals surface area contributed by atoms with E-state index >= 15 is 0 Å². The molecule has 1 saturated carbocycles. The number of carboxylic acids is 1. The van der Waals surface area contributed by atoms with E-state index in [4.69, 9.17) is 10.8 Å². The number of hydrogen-bond donors (Lipinski definition) is 2. The van der Waals surface area contributed by atoms with Crippen LogP contribution < -0.4 is 5.73 Å². The highest BCUT2D eigenvalue weighted by Gasteiger charge is 2.46. The lowest BCUT2D eigenvalue weighted by Crippen LogP contribution is -2.32. The fraction of sp³-hybridized carbons (Fsp3) is 0.500. The van der Waals surface area contributed by atoms with Crippen LogP contribution >= 0.6 is 0 Å². The number of sulfone groups is 1. The number of carbonyl (C=O) groups is 1. The van der Waals surface area contributed by atoms with Crippen molar-refractivity contribution in [2.75, 3.05) is 12.0 Å². The predicted octanol–water partition coefficient (Wildman–Crippen LogP) is 0.717. The van der Waals surface area contributed by atoms with Crippen molar-refractivity contribution >= 4 is 15.8 Å². The standard InChI is InChI=1S/C14H19NO4S/c1-20(18,19)9-14(6-7-14)11-4-2-10(3-5-11)8-12(15)13(16)17/h2-5,12H,6-9,15H2,1H3,(H,16,17). The molecule has 3 N–H and O–H groups in total. The van der Waals surface area contributed by atoms with Crippen molar-refractivity contribution in [1.82, 2.24) is 0 Å². The number of hydrogen-bond acceptors (Lipinski definition) is 4. The molecule has 1 fully saturated rings. The van der Waals surface area contributed by atoms with Gasteiger partial charge in [0.15, 0.2) is 0 Å². The van der Waals surface area contributed by atoms with Gasteiger partial charge in [-0.05, 0) is 30.4 Å². The van der Waals surface area contributed by atoms with Crippen LogP contribution in [0.1, 0.15) is 24.0 Å². The van der Waals surface area contributed by atoms with Crippen molar-refractivity contribution in [3.8, 4) is 0 Å². The van der Waals surface area contributed by atoms with Crippen LogP contribution in [0.2, 0.25) is 0 Å². The van der Waals surface area contributed by atoms with Crippen molar-refractivity contribution in [2.45, 2.75) is 30.7 Å². The maximum Gasteiger partial charge on any atom is 0.320 e. The Balaban J connectivity index is 2.11. The van der Waals surface area contributed by atoms with Gasteiger partial charge in [0.1, 0.15) is 15.9 Å². The van der Waals surface area contributed by atoms with E-state index in [9.17, 15) is 13.2 Å². The monoisotopic (exact) mass is 297 g/mol. The van der Waals surface area contributed by atoms with Crippen molar-refractivity contribution in [2.24, 2.45) is 5.73 Å². The second kappa shape index (κ2) is 5.18. The van der Waals surface area contributed by atoms with Gasteiger partial charge >= 0.3 is 5.97 Å². The highest BCUT2D eigenvalue weighted by Crippen LogP contribution is 2.49. The third-order valence-corrected chi connectivity index (χ3v) is 4.81. The molecule has 110 valence electrons. The van der Waals surface area contributed by atoms with Gasteiger partial charge in [-0.1, -0.05) is 24.3 Å². The molecular formula is C14H19NO4S. The number of rotatable bonds is 6. The Morgan fingerprint density at radius 1 is 1.35 bits per heavy atom. The third-order valence-electron chi connectivity index (χ3n) is 3.73. The van der Waals surface area contributed by atoms with Crippen LogP contribution in [-0.2, 0) is 26.5 Å². The molecular weight excluding hydrogens is 278 g/mol. The van der Waals surface area contributed by atoms with Crippen LogP contribution in [0.3, 0.4) is 0 Å². The Kier molecular flexibility index (Phi) is 3.88. The van der Waals surface area contributed by atoms with Gasteiger partial charge in [-0.3, -0.25) is 4.79 Å². The largest absolute Gasteiger partial charge is 0.480 e. The second-order valence-electron chi connectivity index (χ2n) is 5.70. The van der Waals surface area contributed by atoms with E-state index in [2.05, 4.69) is 0 Å². The zero-order valence-corrected chi connectivity index (χ0v) is 12.2. The summed E-state index contributed by atoms with van der Waals surface area (Å²) in [7, 11) is -3.01. The zero-order chi connectivity index (χ0) is 15.0. The topological polar surface area (TPSA) is 97.5 Å². The summed E-state index contributed by atoms with van der Waals surface area (Å²) in [5.41, 5.74) is 7.11. The van der Waals surface area contributed by atoms with E-state index in [0.717, 1.165) is 24.0 Å². The van der Waals surface area contributed by atoms with Gasteiger partial charge < -0.3 is 10.8 Å². The molecule has 20 heavy (non-hydrogen) atoms. The Morgan fingerprint density at radius 3 is 2.30 bits per heavy atom. The minimum absolute atomic E-state index is 0.175. The molecule has 0 aliphatic heterocycles. The molecule has 0 spiro atoms. The van der Waals surface area contributed by atoms with E-state index in [1.165, 1.54) is 6.26 Å². The molecule has 0 bridgehead atoms.